The van der Waals surface area contributed by atoms with Crippen LogP contribution < -0.4 is 20.3 Å². The van der Waals surface area contributed by atoms with Gasteiger partial charge in [0.25, 0.3) is 17.7 Å². The number of nitrogens with zero attached hydrogens (tertiary/aromatic N) is 1. The number of urea groups is 1. The molecule has 0 unspecified atom stereocenters. The predicted molar refractivity (Wildman–Crippen MR) is 129 cm³/mol. The molecule has 176 valence electrons. The van der Waals surface area contributed by atoms with Crippen LogP contribution in [-0.4, -0.2) is 35.5 Å². The van der Waals surface area contributed by atoms with E-state index in [1.165, 1.54) is 48.5 Å². The van der Waals surface area contributed by atoms with Crippen LogP contribution in [0, 0.1) is 0 Å². The van der Waals surface area contributed by atoms with Crippen molar-refractivity contribution in [2.75, 3.05) is 16.8 Å². The highest BCUT2D eigenvalue weighted by Gasteiger charge is 2.37. The summed E-state index contributed by atoms with van der Waals surface area (Å²) in [6.07, 6.45) is 1.23. The molecular formula is C25H18ClN3O6. The fourth-order valence-corrected chi connectivity index (χ4v) is 3.46. The number of aromatic hydroxyl groups is 1. The number of carbonyl (C=O) groups excluding carboxylic acids is 4. The first-order valence-corrected chi connectivity index (χ1v) is 10.7. The second-order valence-electron chi connectivity index (χ2n) is 7.36. The van der Waals surface area contributed by atoms with E-state index in [1.807, 2.05) is 6.07 Å². The maximum Gasteiger partial charge on any atom is 0.335 e. The highest BCUT2D eigenvalue weighted by atomic mass is 35.5. The number of hydrogen-bond donors (Lipinski definition) is 3. The maximum atomic E-state index is 13.1. The molecule has 3 N–H and O–H groups in total. The molecule has 0 radical (unpaired) electrons. The normalized spacial score (nSPS) is 14.6. The van der Waals surface area contributed by atoms with Crippen LogP contribution in [0.5, 0.6) is 11.5 Å². The van der Waals surface area contributed by atoms with Crippen LogP contribution in [0.15, 0.2) is 78.4 Å². The number of ether oxygens (including phenoxy) is 1. The van der Waals surface area contributed by atoms with Crippen LogP contribution in [0.3, 0.4) is 0 Å². The zero-order valence-corrected chi connectivity index (χ0v) is 18.8. The van der Waals surface area contributed by atoms with Crippen LogP contribution in [0.2, 0.25) is 5.02 Å². The summed E-state index contributed by atoms with van der Waals surface area (Å²) in [5.74, 6) is -2.05. The number of imide groups is 2. The summed E-state index contributed by atoms with van der Waals surface area (Å²) in [4.78, 5) is 50.9. The molecule has 0 spiro atoms. The van der Waals surface area contributed by atoms with Crippen LogP contribution in [-0.2, 0) is 14.4 Å². The lowest BCUT2D eigenvalue weighted by atomic mass is 10.1. The second kappa shape index (κ2) is 10.1. The van der Waals surface area contributed by atoms with Gasteiger partial charge in [-0.1, -0.05) is 29.8 Å². The van der Waals surface area contributed by atoms with Gasteiger partial charge in [0.05, 0.1) is 5.69 Å². The molecule has 4 rings (SSSR count). The standard InChI is InChI=1S/C25H18ClN3O6/c26-16-6-11-21(35-14-22(31)27-17-4-2-1-3-5-17)15(12-16)13-20-23(32)28-25(34)29(24(20)33)18-7-9-19(30)10-8-18/h1-13,30H,14H2,(H,27,31)(H,28,32,34)/b20-13+. The Hall–Kier alpha value is -4.63. The molecule has 1 aliphatic rings. The Kier molecular flexibility index (Phi) is 6.79. The summed E-state index contributed by atoms with van der Waals surface area (Å²) in [5, 5.41) is 14.6. The third-order valence-corrected chi connectivity index (χ3v) is 5.13. The van der Waals surface area contributed by atoms with Crippen molar-refractivity contribution in [3.63, 3.8) is 0 Å². The van der Waals surface area contributed by atoms with Crippen molar-refractivity contribution in [3.05, 3.63) is 89.0 Å². The van der Waals surface area contributed by atoms with Gasteiger partial charge in [-0.15, -0.1) is 0 Å². The lowest BCUT2D eigenvalue weighted by Crippen LogP contribution is -2.54. The molecule has 9 nitrogen and oxygen atoms in total. The van der Waals surface area contributed by atoms with Crippen LogP contribution in [0.25, 0.3) is 6.08 Å². The lowest BCUT2D eigenvalue weighted by Gasteiger charge is -2.26. The molecule has 1 saturated heterocycles. The molecule has 3 aromatic rings. The summed E-state index contributed by atoms with van der Waals surface area (Å²) in [7, 11) is 0. The number of halogens is 1. The van der Waals surface area contributed by atoms with E-state index in [2.05, 4.69) is 10.6 Å². The quantitative estimate of drug-likeness (QED) is 0.356. The Morgan fingerprint density at radius 2 is 1.74 bits per heavy atom. The van der Waals surface area contributed by atoms with E-state index in [9.17, 15) is 24.3 Å². The molecule has 1 heterocycles. The monoisotopic (exact) mass is 491 g/mol. The van der Waals surface area contributed by atoms with Gasteiger partial charge in [0.15, 0.2) is 6.61 Å². The fourth-order valence-electron chi connectivity index (χ4n) is 3.27. The molecule has 10 heteroatoms. The topological polar surface area (TPSA) is 125 Å². The number of phenols is 1. The molecule has 35 heavy (non-hydrogen) atoms. The summed E-state index contributed by atoms with van der Waals surface area (Å²) in [5.41, 5.74) is 0.661. The smallest absolute Gasteiger partial charge is 0.335 e. The minimum absolute atomic E-state index is 0.0533. The van der Waals surface area contributed by atoms with E-state index in [1.54, 1.807) is 24.3 Å². The van der Waals surface area contributed by atoms with Gasteiger partial charge in [0, 0.05) is 16.3 Å². The van der Waals surface area contributed by atoms with Gasteiger partial charge in [0.2, 0.25) is 0 Å². The van der Waals surface area contributed by atoms with Crippen molar-refractivity contribution in [1.29, 1.82) is 0 Å². The lowest BCUT2D eigenvalue weighted by molar-refractivity contribution is -0.122. The van der Waals surface area contributed by atoms with Gasteiger partial charge < -0.3 is 15.2 Å². The first-order chi connectivity index (χ1) is 16.8. The van der Waals surface area contributed by atoms with Gasteiger partial charge >= 0.3 is 6.03 Å². The minimum atomic E-state index is -0.928. The number of hydrogen-bond acceptors (Lipinski definition) is 6. The number of nitrogens with one attached hydrogen (secondary N) is 2. The van der Waals surface area contributed by atoms with Gasteiger partial charge in [-0.05, 0) is 60.7 Å². The minimum Gasteiger partial charge on any atom is -0.508 e. The van der Waals surface area contributed by atoms with Crippen molar-refractivity contribution in [2.45, 2.75) is 0 Å². The number of benzene rings is 3. The van der Waals surface area contributed by atoms with E-state index in [-0.39, 0.29) is 34.9 Å². The number of para-hydroxylation sites is 1. The van der Waals surface area contributed by atoms with Gasteiger partial charge in [-0.3, -0.25) is 19.7 Å². The molecule has 1 fully saturated rings. The largest absolute Gasteiger partial charge is 0.508 e. The second-order valence-corrected chi connectivity index (χ2v) is 7.80. The van der Waals surface area contributed by atoms with E-state index in [0.717, 1.165) is 4.90 Å². The Labute approximate surface area is 204 Å². The molecule has 0 atom stereocenters. The Morgan fingerprint density at radius 3 is 2.46 bits per heavy atom. The van der Waals surface area contributed by atoms with Crippen LogP contribution in [0.4, 0.5) is 16.2 Å². The highest BCUT2D eigenvalue weighted by molar-refractivity contribution is 6.39. The van der Waals surface area contributed by atoms with Crippen molar-refractivity contribution in [1.82, 2.24) is 5.32 Å². The highest BCUT2D eigenvalue weighted by Crippen LogP contribution is 2.28. The van der Waals surface area contributed by atoms with Crippen LogP contribution in [0.1, 0.15) is 5.56 Å². The molecule has 0 aliphatic carbocycles. The molecule has 3 aromatic carbocycles. The van der Waals surface area contributed by atoms with Gasteiger partial charge in [-0.2, -0.15) is 0 Å². The average Bonchev–Trinajstić information content (AvgIpc) is 2.83. The molecule has 0 saturated carbocycles. The number of rotatable bonds is 6. The van der Waals surface area contributed by atoms with E-state index >= 15 is 0 Å². The first-order valence-electron chi connectivity index (χ1n) is 10.3. The summed E-state index contributed by atoms with van der Waals surface area (Å²) >= 11 is 6.10. The number of carbonyl (C=O) groups is 4. The zero-order valence-electron chi connectivity index (χ0n) is 18.0. The molecule has 1 aliphatic heterocycles. The van der Waals surface area contributed by atoms with E-state index in [4.69, 9.17) is 16.3 Å². The summed E-state index contributed by atoms with van der Waals surface area (Å²) in [6, 6.07) is 17.7. The molecule has 5 amide bonds. The van der Waals surface area contributed by atoms with E-state index in [0.29, 0.717) is 10.7 Å². The van der Waals surface area contributed by atoms with Crippen molar-refractivity contribution >= 4 is 52.8 Å². The van der Waals surface area contributed by atoms with Crippen molar-refractivity contribution < 1.29 is 29.0 Å². The van der Waals surface area contributed by atoms with E-state index < -0.39 is 23.8 Å². The van der Waals surface area contributed by atoms with Gasteiger partial charge in [-0.25, -0.2) is 9.69 Å². The third-order valence-electron chi connectivity index (χ3n) is 4.90. The van der Waals surface area contributed by atoms with Crippen molar-refractivity contribution in [3.8, 4) is 11.5 Å². The summed E-state index contributed by atoms with van der Waals surface area (Å²) < 4.78 is 5.62. The average molecular weight is 492 g/mol. The number of barbiturate groups is 1. The molecular weight excluding hydrogens is 474 g/mol. The van der Waals surface area contributed by atoms with Gasteiger partial charge in [0.1, 0.15) is 17.1 Å². The van der Waals surface area contributed by atoms with Crippen LogP contribution >= 0.6 is 11.6 Å². The molecule has 0 aromatic heterocycles. The predicted octanol–water partition coefficient (Wildman–Crippen LogP) is 3.73. The van der Waals surface area contributed by atoms with Crippen molar-refractivity contribution in [2.24, 2.45) is 0 Å². The number of amides is 5. The zero-order chi connectivity index (χ0) is 24.9. The summed E-state index contributed by atoms with van der Waals surface area (Å²) in [6.45, 7) is -0.342. The SMILES string of the molecule is O=C(COc1ccc(Cl)cc1/C=C1\C(=O)NC(=O)N(c2ccc(O)cc2)C1=O)Nc1ccccc1. The Bertz CT molecular complexity index is 1340. The maximum absolute atomic E-state index is 13.1. The number of anilines is 2. The number of phenolic OH excluding ortho intramolecular Hbond substituents is 1. The first kappa shape index (κ1) is 23.5. The third kappa shape index (κ3) is 5.48. The Balaban J connectivity index is 1.59. The fraction of sp³-hybridized carbons (Fsp3) is 0.0400. The Morgan fingerprint density at radius 1 is 1.03 bits per heavy atom. The molecule has 0 bridgehead atoms.